The Labute approximate surface area is 86.5 Å². The third kappa shape index (κ3) is 8.86. The average Bonchev–Trinajstić information content (AvgIpc) is 0. The van der Waals surface area contributed by atoms with E-state index in [1.54, 1.807) is 0 Å². The normalized spacial score (nSPS) is 0. The zero-order valence-electron chi connectivity index (χ0n) is 1.60. The van der Waals surface area contributed by atoms with Crippen LogP contribution in [0.4, 0.5) is 0 Å². The Morgan fingerprint density at radius 2 is 1.00 bits per heavy atom. The Hall–Kier alpha value is 2.88. The second-order valence-electron chi connectivity index (χ2n) is 0. The molecule has 0 aliphatic heterocycles. The summed E-state index contributed by atoms with van der Waals surface area (Å²) >= 11 is 0. The maximum atomic E-state index is 0. The van der Waals surface area contributed by atoms with E-state index in [2.05, 4.69) is 0 Å². The summed E-state index contributed by atoms with van der Waals surface area (Å²) in [5, 5.41) is 0. The SMILES string of the molecule is [Au].[Fe].[Nb].[Zr]. The summed E-state index contributed by atoms with van der Waals surface area (Å²) in [6.07, 6.45) is 0. The van der Waals surface area contributed by atoms with Gasteiger partial charge in [0.2, 0.25) is 0 Å². The minimum Gasteiger partial charge on any atom is 0 e. The van der Waals surface area contributed by atoms with Crippen molar-refractivity contribution in [3.63, 3.8) is 0 Å². The van der Waals surface area contributed by atoms with E-state index >= 15 is 0 Å². The fraction of sp³-hybridized carbons (Fsp3) is 0. The smallest absolute Gasteiger partial charge is 0 e. The van der Waals surface area contributed by atoms with Gasteiger partial charge in [-0.3, -0.25) is 0 Å². The molecule has 0 aromatic rings. The first-order chi connectivity index (χ1) is 0. The molecule has 0 rings (SSSR count). The van der Waals surface area contributed by atoms with Crippen molar-refractivity contribution >= 4 is 0 Å². The van der Waals surface area contributed by atoms with Crippen molar-refractivity contribution in [3.8, 4) is 0 Å². The van der Waals surface area contributed by atoms with Gasteiger partial charge < -0.3 is 0 Å². The van der Waals surface area contributed by atoms with E-state index in [1.807, 2.05) is 0 Å². The Morgan fingerprint density at radius 3 is 1.00 bits per heavy atom. The predicted molar refractivity (Wildman–Crippen MR) is 0 cm³/mol. The minimum atomic E-state index is 0. The maximum Gasteiger partial charge on any atom is 0 e. The largest absolute Gasteiger partial charge is 0 e. The summed E-state index contributed by atoms with van der Waals surface area (Å²) in [6, 6.07) is 0. The number of hydrogen-bond donors (Lipinski definition) is 0. The van der Waals surface area contributed by atoms with Crippen LogP contribution >= 0.6 is 0 Å². The molecule has 0 spiro atoms. The van der Waals surface area contributed by atoms with E-state index in [4.69, 9.17) is 0 Å². The fourth-order valence-corrected chi connectivity index (χ4v) is 0. The van der Waals surface area contributed by atoms with Gasteiger partial charge in [-0.05, 0) is 0 Å². The van der Waals surface area contributed by atoms with Gasteiger partial charge in [-0.1, -0.05) is 0 Å². The Morgan fingerprint density at radius 1 is 1.00 bits per heavy atom. The molecule has 0 N–H and O–H groups in total. The summed E-state index contributed by atoms with van der Waals surface area (Å²) in [4.78, 5) is 0. The van der Waals surface area contributed by atoms with Crippen molar-refractivity contribution in [1.82, 2.24) is 0 Å². The van der Waals surface area contributed by atoms with Crippen LogP contribution in [-0.4, -0.2) is 0 Å². The van der Waals surface area contributed by atoms with Crippen molar-refractivity contribution in [2.45, 2.75) is 0 Å². The molecule has 4 heavy (non-hydrogen) atoms. The molecule has 0 nitrogen and oxygen atoms in total. The van der Waals surface area contributed by atoms with Crippen molar-refractivity contribution in [2.24, 2.45) is 0 Å². The van der Waals surface area contributed by atoms with Crippen LogP contribution in [0, 0.1) is 0 Å². The predicted octanol–water partition coefficient (Wildman–Crippen LogP) is -0.0100. The van der Waals surface area contributed by atoms with Gasteiger partial charge in [0.25, 0.3) is 0 Å². The summed E-state index contributed by atoms with van der Waals surface area (Å²) in [6.45, 7) is 0. The number of hydrogen-bond acceptors (Lipinski definition) is 0. The van der Waals surface area contributed by atoms with Crippen molar-refractivity contribution in [3.05, 3.63) is 0 Å². The van der Waals surface area contributed by atoms with Crippen LogP contribution in [0.1, 0.15) is 0 Å². The molecule has 0 amide bonds. The van der Waals surface area contributed by atoms with Gasteiger partial charge in [-0.2, -0.15) is 0 Å². The monoisotopic (exact) mass is 436 g/mol. The molecule has 0 aliphatic carbocycles. The molecule has 0 saturated carbocycles. The minimum absolute atomic E-state index is 0. The zero-order chi connectivity index (χ0) is 0. The first-order valence-electron chi connectivity index (χ1n) is 0. The third-order valence-corrected chi connectivity index (χ3v) is 0. The van der Waals surface area contributed by atoms with Gasteiger partial charge in [0, 0.05) is 88.0 Å². The standard InChI is InChI=1S/Au.Fe.Nb.Zr. The van der Waals surface area contributed by atoms with Crippen LogP contribution in [-0.2, 0) is 88.0 Å². The van der Waals surface area contributed by atoms with Crippen LogP contribution < -0.4 is 0 Å². The van der Waals surface area contributed by atoms with E-state index < -0.39 is 0 Å². The Kier molecular flexibility index (Phi) is 121. The molecule has 0 unspecified atom stereocenters. The molecular formula is AuFeNbZr. The van der Waals surface area contributed by atoms with Gasteiger partial charge in [0.1, 0.15) is 0 Å². The Balaban J connectivity index is 0. The van der Waals surface area contributed by atoms with Gasteiger partial charge in [-0.15, -0.1) is 0 Å². The summed E-state index contributed by atoms with van der Waals surface area (Å²) in [5.74, 6) is 0. The van der Waals surface area contributed by atoms with Gasteiger partial charge in [-0.25, -0.2) is 0 Å². The van der Waals surface area contributed by atoms with E-state index in [9.17, 15) is 0 Å². The molecule has 0 bridgehead atoms. The average molecular weight is 437 g/mol. The summed E-state index contributed by atoms with van der Waals surface area (Å²) in [7, 11) is 0. The molecule has 0 fully saturated rings. The molecule has 2 radical (unpaired) electrons. The van der Waals surface area contributed by atoms with Crippen LogP contribution in [0.25, 0.3) is 0 Å². The van der Waals surface area contributed by atoms with Gasteiger partial charge >= 0.3 is 0 Å². The molecule has 4 heteroatoms. The Bertz CT molecular complexity index is 8.00. The topological polar surface area (TPSA) is 0 Å². The van der Waals surface area contributed by atoms with Crippen LogP contribution in [0.5, 0.6) is 0 Å². The van der Waals surface area contributed by atoms with E-state index in [0.717, 1.165) is 0 Å². The van der Waals surface area contributed by atoms with Crippen LogP contribution in [0.15, 0.2) is 0 Å². The van der Waals surface area contributed by atoms with Gasteiger partial charge in [0.15, 0.2) is 0 Å². The van der Waals surface area contributed by atoms with E-state index in [0.29, 0.717) is 0 Å². The quantitative estimate of drug-likeness (QED) is 0.469. The second kappa shape index (κ2) is 16.9. The molecule has 28 valence electrons. The molecule has 0 atom stereocenters. The van der Waals surface area contributed by atoms with Gasteiger partial charge in [0.05, 0.1) is 0 Å². The number of rotatable bonds is 0. The summed E-state index contributed by atoms with van der Waals surface area (Å²) < 4.78 is 0. The summed E-state index contributed by atoms with van der Waals surface area (Å²) in [5.41, 5.74) is 0. The first-order valence-corrected chi connectivity index (χ1v) is 0. The second-order valence-corrected chi connectivity index (χ2v) is 0. The van der Waals surface area contributed by atoms with E-state index in [-0.39, 0.29) is 88.0 Å². The molecule has 0 aromatic carbocycles. The first kappa shape index (κ1) is 28.7. The molecule has 0 heterocycles. The zero-order valence-corrected chi connectivity index (χ0v) is 9.53. The van der Waals surface area contributed by atoms with E-state index in [1.165, 1.54) is 0 Å². The van der Waals surface area contributed by atoms with Crippen LogP contribution in [0.2, 0.25) is 0 Å². The van der Waals surface area contributed by atoms with Crippen LogP contribution in [0.3, 0.4) is 0 Å². The van der Waals surface area contributed by atoms with Crippen molar-refractivity contribution in [1.29, 1.82) is 0 Å². The molecular weight excluding hydrogens is 437 g/mol. The van der Waals surface area contributed by atoms with Crippen molar-refractivity contribution in [2.75, 3.05) is 0 Å². The molecule has 0 aromatic heterocycles. The maximum absolute atomic E-state index is 0. The molecule has 0 saturated heterocycles. The third-order valence-electron chi connectivity index (χ3n) is 0. The fourth-order valence-electron chi connectivity index (χ4n) is 0. The van der Waals surface area contributed by atoms with Crippen molar-refractivity contribution < 1.29 is 88.0 Å². The molecule has 0 aliphatic rings.